The van der Waals surface area contributed by atoms with E-state index in [0.717, 1.165) is 19.3 Å². The van der Waals surface area contributed by atoms with Crippen molar-refractivity contribution in [1.82, 2.24) is 5.32 Å². The van der Waals surface area contributed by atoms with Crippen LogP contribution in [0.15, 0.2) is 12.7 Å². The van der Waals surface area contributed by atoms with Crippen molar-refractivity contribution in [3.05, 3.63) is 12.7 Å². The first kappa shape index (κ1) is 11.2. The molecule has 0 spiro atoms. The van der Waals surface area contributed by atoms with Gasteiger partial charge in [0.2, 0.25) is 5.91 Å². The van der Waals surface area contributed by atoms with Crippen LogP contribution in [0.5, 0.6) is 0 Å². The standard InChI is InChI=1S/C9H17NO2/c1-2-3-6-9(12)10-7-4-5-8-11/h2,11H,1,3-8H2,(H,10,12). The van der Waals surface area contributed by atoms with E-state index in [1.165, 1.54) is 0 Å². The highest BCUT2D eigenvalue weighted by atomic mass is 16.2. The van der Waals surface area contributed by atoms with Crippen LogP contribution in [0.3, 0.4) is 0 Å². The van der Waals surface area contributed by atoms with E-state index in [1.807, 2.05) is 0 Å². The van der Waals surface area contributed by atoms with Gasteiger partial charge in [0, 0.05) is 19.6 Å². The van der Waals surface area contributed by atoms with E-state index >= 15 is 0 Å². The minimum Gasteiger partial charge on any atom is -0.396 e. The van der Waals surface area contributed by atoms with Crippen LogP contribution in [0, 0.1) is 0 Å². The maximum Gasteiger partial charge on any atom is 0.220 e. The highest BCUT2D eigenvalue weighted by molar-refractivity contribution is 5.75. The van der Waals surface area contributed by atoms with Gasteiger partial charge in [-0.2, -0.15) is 0 Å². The Morgan fingerprint density at radius 3 is 2.83 bits per heavy atom. The molecule has 1 amide bonds. The van der Waals surface area contributed by atoms with Crippen LogP contribution < -0.4 is 5.32 Å². The molecule has 0 aromatic rings. The summed E-state index contributed by atoms with van der Waals surface area (Å²) in [5.74, 6) is 0.0628. The molecule has 0 unspecified atom stereocenters. The molecule has 0 atom stereocenters. The third kappa shape index (κ3) is 7.28. The van der Waals surface area contributed by atoms with Gasteiger partial charge >= 0.3 is 0 Å². The molecule has 2 N–H and O–H groups in total. The minimum absolute atomic E-state index is 0.0628. The van der Waals surface area contributed by atoms with Gasteiger partial charge < -0.3 is 10.4 Å². The Kier molecular flexibility index (Phi) is 7.70. The maximum absolute atomic E-state index is 10.9. The summed E-state index contributed by atoms with van der Waals surface area (Å²) < 4.78 is 0. The SMILES string of the molecule is C=CCCC(=O)NCCCCO. The summed E-state index contributed by atoms with van der Waals surface area (Å²) in [7, 11) is 0. The first-order valence-electron chi connectivity index (χ1n) is 4.29. The molecule has 3 heteroatoms. The van der Waals surface area contributed by atoms with Crippen molar-refractivity contribution in [3.63, 3.8) is 0 Å². The summed E-state index contributed by atoms with van der Waals surface area (Å²) in [4.78, 5) is 10.9. The van der Waals surface area contributed by atoms with Crippen molar-refractivity contribution in [2.45, 2.75) is 25.7 Å². The van der Waals surface area contributed by atoms with Gasteiger partial charge in [-0.05, 0) is 19.3 Å². The lowest BCUT2D eigenvalue weighted by Gasteiger charge is -2.02. The quantitative estimate of drug-likeness (QED) is 0.440. The predicted molar refractivity (Wildman–Crippen MR) is 48.8 cm³/mol. The van der Waals surface area contributed by atoms with E-state index in [-0.39, 0.29) is 12.5 Å². The van der Waals surface area contributed by atoms with Crippen LogP contribution in [0.25, 0.3) is 0 Å². The number of carbonyl (C=O) groups excluding carboxylic acids is 1. The summed E-state index contributed by atoms with van der Waals surface area (Å²) in [6.07, 6.45) is 4.57. The molecular weight excluding hydrogens is 154 g/mol. The summed E-state index contributed by atoms with van der Waals surface area (Å²) in [6, 6.07) is 0. The highest BCUT2D eigenvalue weighted by Crippen LogP contribution is 1.89. The van der Waals surface area contributed by atoms with Crippen molar-refractivity contribution in [3.8, 4) is 0 Å². The number of aliphatic hydroxyl groups is 1. The monoisotopic (exact) mass is 171 g/mol. The average Bonchev–Trinajstić information content (AvgIpc) is 2.09. The molecule has 0 aliphatic heterocycles. The van der Waals surface area contributed by atoms with Crippen LogP contribution in [-0.4, -0.2) is 24.2 Å². The molecule has 0 aromatic carbocycles. The van der Waals surface area contributed by atoms with Crippen LogP contribution in [0.1, 0.15) is 25.7 Å². The van der Waals surface area contributed by atoms with Gasteiger partial charge in [-0.3, -0.25) is 4.79 Å². The fraction of sp³-hybridized carbons (Fsp3) is 0.667. The fourth-order valence-corrected chi connectivity index (χ4v) is 0.786. The Morgan fingerprint density at radius 2 is 2.25 bits per heavy atom. The number of allylic oxidation sites excluding steroid dienone is 1. The second-order valence-corrected chi connectivity index (χ2v) is 2.61. The van der Waals surface area contributed by atoms with Gasteiger partial charge in [-0.25, -0.2) is 0 Å². The molecular formula is C9H17NO2. The third-order valence-electron chi connectivity index (χ3n) is 1.48. The molecule has 70 valence electrons. The first-order chi connectivity index (χ1) is 5.81. The topological polar surface area (TPSA) is 49.3 Å². The molecule has 3 nitrogen and oxygen atoms in total. The Labute approximate surface area is 73.5 Å². The number of hydrogen-bond acceptors (Lipinski definition) is 2. The summed E-state index contributed by atoms with van der Waals surface area (Å²) in [5.41, 5.74) is 0. The minimum atomic E-state index is 0.0628. The van der Waals surface area contributed by atoms with Crippen LogP contribution in [0.4, 0.5) is 0 Å². The second kappa shape index (κ2) is 8.27. The number of hydrogen-bond donors (Lipinski definition) is 2. The molecule has 0 aromatic heterocycles. The summed E-state index contributed by atoms with van der Waals surface area (Å²) in [5, 5.41) is 11.2. The molecule has 12 heavy (non-hydrogen) atoms. The first-order valence-corrected chi connectivity index (χ1v) is 4.29. The van der Waals surface area contributed by atoms with Crippen molar-refractivity contribution >= 4 is 5.91 Å². The largest absolute Gasteiger partial charge is 0.396 e. The number of carbonyl (C=O) groups is 1. The Morgan fingerprint density at radius 1 is 1.50 bits per heavy atom. The van der Waals surface area contributed by atoms with Crippen LogP contribution in [0.2, 0.25) is 0 Å². The van der Waals surface area contributed by atoms with Crippen molar-refractivity contribution in [2.24, 2.45) is 0 Å². The number of amides is 1. The average molecular weight is 171 g/mol. The lowest BCUT2D eigenvalue weighted by Crippen LogP contribution is -2.23. The van der Waals surface area contributed by atoms with E-state index in [2.05, 4.69) is 11.9 Å². The Balaban J connectivity index is 3.13. The Hall–Kier alpha value is -0.830. The molecule has 0 bridgehead atoms. The molecule has 0 heterocycles. The number of aliphatic hydroxyl groups excluding tert-OH is 1. The summed E-state index contributed by atoms with van der Waals surface area (Å²) in [6.45, 7) is 4.39. The van der Waals surface area contributed by atoms with E-state index < -0.39 is 0 Å². The van der Waals surface area contributed by atoms with Gasteiger partial charge in [0.1, 0.15) is 0 Å². The zero-order valence-electron chi connectivity index (χ0n) is 7.38. The lowest BCUT2D eigenvalue weighted by molar-refractivity contribution is -0.121. The second-order valence-electron chi connectivity index (χ2n) is 2.61. The van der Waals surface area contributed by atoms with Gasteiger partial charge in [-0.15, -0.1) is 6.58 Å². The Bertz CT molecular complexity index is 134. The molecule has 0 saturated heterocycles. The highest BCUT2D eigenvalue weighted by Gasteiger charge is 1.96. The van der Waals surface area contributed by atoms with Crippen molar-refractivity contribution in [1.29, 1.82) is 0 Å². The van der Waals surface area contributed by atoms with Crippen LogP contribution >= 0.6 is 0 Å². The molecule has 0 saturated carbocycles. The zero-order valence-corrected chi connectivity index (χ0v) is 7.38. The number of rotatable bonds is 7. The third-order valence-corrected chi connectivity index (χ3v) is 1.48. The van der Waals surface area contributed by atoms with Crippen molar-refractivity contribution < 1.29 is 9.90 Å². The fourth-order valence-electron chi connectivity index (χ4n) is 0.786. The zero-order chi connectivity index (χ0) is 9.23. The predicted octanol–water partition coefficient (Wildman–Crippen LogP) is 0.841. The number of nitrogens with one attached hydrogen (secondary N) is 1. The van der Waals surface area contributed by atoms with Crippen LogP contribution in [-0.2, 0) is 4.79 Å². The smallest absolute Gasteiger partial charge is 0.220 e. The van der Waals surface area contributed by atoms with Gasteiger partial charge in [0.15, 0.2) is 0 Å². The van der Waals surface area contributed by atoms with E-state index in [4.69, 9.17) is 5.11 Å². The van der Waals surface area contributed by atoms with Gasteiger partial charge in [0.05, 0.1) is 0 Å². The molecule has 0 rings (SSSR count). The van der Waals surface area contributed by atoms with Gasteiger partial charge in [0.25, 0.3) is 0 Å². The van der Waals surface area contributed by atoms with Crippen molar-refractivity contribution in [2.75, 3.05) is 13.2 Å². The molecule has 0 aliphatic rings. The summed E-state index contributed by atoms with van der Waals surface area (Å²) >= 11 is 0. The van der Waals surface area contributed by atoms with E-state index in [0.29, 0.717) is 13.0 Å². The molecule has 0 fully saturated rings. The molecule has 0 aliphatic carbocycles. The van der Waals surface area contributed by atoms with Gasteiger partial charge in [-0.1, -0.05) is 6.08 Å². The maximum atomic E-state index is 10.9. The lowest BCUT2D eigenvalue weighted by atomic mass is 10.3. The van der Waals surface area contributed by atoms with E-state index in [9.17, 15) is 4.79 Å². The molecule has 0 radical (unpaired) electrons. The normalized spacial score (nSPS) is 9.42. The van der Waals surface area contributed by atoms with E-state index in [1.54, 1.807) is 6.08 Å². The number of unbranched alkanes of at least 4 members (excludes halogenated alkanes) is 1.